The molecule has 4 rings (SSSR count). The van der Waals surface area contributed by atoms with Crippen molar-refractivity contribution < 1.29 is 33.6 Å². The van der Waals surface area contributed by atoms with Crippen molar-refractivity contribution in [1.82, 2.24) is 0 Å². The largest absolute Gasteiger partial charge is 0.466 e. The van der Waals surface area contributed by atoms with E-state index < -0.39 is 24.4 Å². The van der Waals surface area contributed by atoms with Crippen LogP contribution in [0, 0.1) is 0 Å². The van der Waals surface area contributed by atoms with Gasteiger partial charge < -0.3 is 28.8 Å². The van der Waals surface area contributed by atoms with Crippen LogP contribution in [0.4, 0.5) is 0 Å². The summed E-state index contributed by atoms with van der Waals surface area (Å²) >= 11 is 0. The normalized spacial score (nSPS) is 14.0. The molecule has 0 saturated carbocycles. The summed E-state index contributed by atoms with van der Waals surface area (Å²) in [5.74, 6) is -0.382. The molecule has 0 aliphatic rings. The van der Waals surface area contributed by atoms with E-state index >= 15 is 0 Å². The van der Waals surface area contributed by atoms with Gasteiger partial charge in [0.2, 0.25) is 0 Å². The van der Waals surface area contributed by atoms with Gasteiger partial charge in [-0.05, 0) is 22.3 Å². The summed E-state index contributed by atoms with van der Waals surface area (Å²) < 4.78 is 30.5. The van der Waals surface area contributed by atoms with Crippen molar-refractivity contribution >= 4 is 5.97 Å². The summed E-state index contributed by atoms with van der Waals surface area (Å²) in [5.41, 5.74) is 3.92. The number of benzene rings is 4. The highest BCUT2D eigenvalue weighted by Gasteiger charge is 2.36. The van der Waals surface area contributed by atoms with Crippen molar-refractivity contribution in [2.24, 2.45) is 0 Å². The standard InChI is InChI=1S/C37H42O7/c1-29(38)41-23-22-34(42-25-31-16-8-3-9-17-31)37(44-27-33-20-12-5-13-21-33)36(39)35(43-26-32-18-10-4-11-19-32)28-40-24-30-14-6-2-7-15-30/h2-21,34-37,39H,22-28H2,1H3/t34-,35-,36-,37+/m1/s1. The average Bonchev–Trinajstić information content (AvgIpc) is 3.06. The summed E-state index contributed by atoms with van der Waals surface area (Å²) in [5, 5.41) is 12.0. The van der Waals surface area contributed by atoms with E-state index in [2.05, 4.69) is 0 Å². The van der Waals surface area contributed by atoms with E-state index in [9.17, 15) is 9.90 Å². The molecule has 4 aromatic carbocycles. The van der Waals surface area contributed by atoms with E-state index in [4.69, 9.17) is 23.7 Å². The molecule has 0 aliphatic heterocycles. The molecule has 0 aromatic heterocycles. The third kappa shape index (κ3) is 11.7. The van der Waals surface area contributed by atoms with Crippen LogP contribution in [0.25, 0.3) is 0 Å². The maximum atomic E-state index is 12.0. The quantitative estimate of drug-likeness (QED) is 0.127. The van der Waals surface area contributed by atoms with Crippen LogP contribution < -0.4 is 0 Å². The van der Waals surface area contributed by atoms with Gasteiger partial charge in [-0.2, -0.15) is 0 Å². The van der Waals surface area contributed by atoms with Gasteiger partial charge >= 0.3 is 5.97 Å². The molecule has 0 aliphatic carbocycles. The van der Waals surface area contributed by atoms with Gasteiger partial charge in [-0.25, -0.2) is 0 Å². The maximum Gasteiger partial charge on any atom is 0.302 e. The van der Waals surface area contributed by atoms with Crippen molar-refractivity contribution in [3.05, 3.63) is 144 Å². The molecule has 0 spiro atoms. The maximum absolute atomic E-state index is 12.0. The zero-order chi connectivity index (χ0) is 30.8. The summed E-state index contributed by atoms with van der Waals surface area (Å²) in [6.07, 6.45) is -2.99. The fraction of sp³-hybridized carbons (Fsp3) is 0.324. The number of rotatable bonds is 19. The average molecular weight is 599 g/mol. The second-order valence-corrected chi connectivity index (χ2v) is 10.6. The van der Waals surface area contributed by atoms with Gasteiger partial charge in [0, 0.05) is 13.3 Å². The Morgan fingerprint density at radius 2 is 1.00 bits per heavy atom. The van der Waals surface area contributed by atoms with Crippen LogP contribution in [0.5, 0.6) is 0 Å². The van der Waals surface area contributed by atoms with Gasteiger partial charge in [0.1, 0.15) is 18.3 Å². The molecule has 7 nitrogen and oxygen atoms in total. The number of aliphatic hydroxyl groups excluding tert-OH is 1. The van der Waals surface area contributed by atoms with Crippen LogP contribution in [0.2, 0.25) is 0 Å². The number of ether oxygens (including phenoxy) is 5. The summed E-state index contributed by atoms with van der Waals surface area (Å²) in [6.45, 7) is 2.81. The molecular formula is C37H42O7. The molecule has 0 fully saturated rings. The van der Waals surface area contributed by atoms with Crippen LogP contribution in [-0.4, -0.2) is 48.7 Å². The number of hydrogen-bond donors (Lipinski definition) is 1. The van der Waals surface area contributed by atoms with Crippen LogP contribution >= 0.6 is 0 Å². The molecule has 7 heteroatoms. The Kier molecular flexibility index (Phi) is 14.1. The third-order valence-corrected chi connectivity index (χ3v) is 7.08. The molecule has 4 atom stereocenters. The van der Waals surface area contributed by atoms with Gasteiger partial charge in [-0.3, -0.25) is 4.79 Å². The molecule has 232 valence electrons. The Morgan fingerprint density at radius 1 is 0.591 bits per heavy atom. The van der Waals surface area contributed by atoms with E-state index in [1.54, 1.807) is 0 Å². The second-order valence-electron chi connectivity index (χ2n) is 10.6. The van der Waals surface area contributed by atoms with Gasteiger partial charge in [0.05, 0.1) is 45.7 Å². The fourth-order valence-electron chi connectivity index (χ4n) is 4.73. The highest BCUT2D eigenvalue weighted by Crippen LogP contribution is 2.22. The number of carbonyl (C=O) groups excluding carboxylic acids is 1. The van der Waals surface area contributed by atoms with E-state index in [0.717, 1.165) is 22.3 Å². The lowest BCUT2D eigenvalue weighted by Crippen LogP contribution is -2.49. The monoisotopic (exact) mass is 598 g/mol. The topological polar surface area (TPSA) is 83.5 Å². The molecule has 0 heterocycles. The second kappa shape index (κ2) is 18.7. The van der Waals surface area contributed by atoms with Crippen LogP contribution in [0.1, 0.15) is 35.6 Å². The first-order valence-electron chi connectivity index (χ1n) is 15.0. The third-order valence-electron chi connectivity index (χ3n) is 7.08. The molecule has 44 heavy (non-hydrogen) atoms. The highest BCUT2D eigenvalue weighted by molar-refractivity contribution is 5.65. The van der Waals surface area contributed by atoms with E-state index in [-0.39, 0.29) is 32.4 Å². The summed E-state index contributed by atoms with van der Waals surface area (Å²) in [6, 6.07) is 39.2. The molecule has 4 aromatic rings. The lowest BCUT2D eigenvalue weighted by atomic mass is 10.00. The molecule has 0 bridgehead atoms. The predicted octanol–water partition coefficient (Wildman–Crippen LogP) is 6.27. The Morgan fingerprint density at radius 3 is 1.45 bits per heavy atom. The summed E-state index contributed by atoms with van der Waals surface area (Å²) in [7, 11) is 0. The van der Waals surface area contributed by atoms with Gasteiger partial charge in [-0.15, -0.1) is 0 Å². The zero-order valence-electron chi connectivity index (χ0n) is 25.2. The van der Waals surface area contributed by atoms with Crippen LogP contribution in [0.3, 0.4) is 0 Å². The first kappa shape index (κ1) is 33.1. The number of esters is 1. The van der Waals surface area contributed by atoms with Crippen molar-refractivity contribution in [2.75, 3.05) is 13.2 Å². The lowest BCUT2D eigenvalue weighted by molar-refractivity contribution is -0.183. The van der Waals surface area contributed by atoms with Crippen molar-refractivity contribution in [1.29, 1.82) is 0 Å². The minimum Gasteiger partial charge on any atom is -0.466 e. The minimum absolute atomic E-state index is 0.118. The smallest absolute Gasteiger partial charge is 0.302 e. The van der Waals surface area contributed by atoms with Crippen molar-refractivity contribution in [3.8, 4) is 0 Å². The molecule has 0 radical (unpaired) electrons. The van der Waals surface area contributed by atoms with Crippen molar-refractivity contribution in [3.63, 3.8) is 0 Å². The van der Waals surface area contributed by atoms with E-state index in [1.807, 2.05) is 121 Å². The van der Waals surface area contributed by atoms with Crippen molar-refractivity contribution in [2.45, 2.75) is 64.2 Å². The van der Waals surface area contributed by atoms with Crippen LogP contribution in [-0.2, 0) is 54.9 Å². The first-order valence-corrected chi connectivity index (χ1v) is 15.0. The highest BCUT2D eigenvalue weighted by atomic mass is 16.6. The fourth-order valence-corrected chi connectivity index (χ4v) is 4.73. The summed E-state index contributed by atoms with van der Waals surface area (Å²) in [4.78, 5) is 11.6. The number of carbonyl (C=O) groups is 1. The van der Waals surface area contributed by atoms with Gasteiger partial charge in [0.25, 0.3) is 0 Å². The lowest BCUT2D eigenvalue weighted by Gasteiger charge is -2.35. The van der Waals surface area contributed by atoms with E-state index in [1.165, 1.54) is 6.92 Å². The Labute approximate surface area is 260 Å². The number of hydrogen-bond acceptors (Lipinski definition) is 7. The van der Waals surface area contributed by atoms with Gasteiger partial charge in [-0.1, -0.05) is 121 Å². The predicted molar refractivity (Wildman–Crippen MR) is 168 cm³/mol. The number of aliphatic hydroxyl groups is 1. The van der Waals surface area contributed by atoms with Gasteiger partial charge in [0.15, 0.2) is 0 Å². The SMILES string of the molecule is CC(=O)OCC[C@@H](OCc1ccccc1)[C@H](OCc1ccccc1)[C@H](O)[C@@H](COCc1ccccc1)OCc1ccccc1. The zero-order valence-corrected chi connectivity index (χ0v) is 25.2. The Hall–Kier alpha value is -3.85. The molecular weight excluding hydrogens is 556 g/mol. The van der Waals surface area contributed by atoms with Crippen LogP contribution in [0.15, 0.2) is 121 Å². The molecule has 0 saturated heterocycles. The molecule has 1 N–H and O–H groups in total. The molecule has 0 amide bonds. The molecule has 0 unspecified atom stereocenters. The van der Waals surface area contributed by atoms with E-state index in [0.29, 0.717) is 19.6 Å². The first-order chi connectivity index (χ1) is 21.6. The Bertz CT molecular complexity index is 1320. The Balaban J connectivity index is 1.56. The minimum atomic E-state index is -1.13.